The standard InChI is InChI=1S/C7H5F3O.C2H3ClO/c8-7(9,10)11-6-4-2-1-3-5-6;1-2(3)4/h1-5H;1H3. The summed E-state index contributed by atoms with van der Waals surface area (Å²) in [6, 6.07) is 7.05. The van der Waals surface area contributed by atoms with Crippen LogP contribution in [0.4, 0.5) is 13.2 Å². The Bertz CT molecular complexity index is 294. The summed E-state index contributed by atoms with van der Waals surface area (Å²) in [4.78, 5) is 9.21. The molecule has 0 fully saturated rings. The Morgan fingerprint density at radius 3 is 2.00 bits per heavy atom. The van der Waals surface area contributed by atoms with Gasteiger partial charge < -0.3 is 4.74 Å². The third kappa shape index (κ3) is 10.7. The molecular formula is C9H8ClF3O2. The number of alkyl halides is 3. The van der Waals surface area contributed by atoms with Gasteiger partial charge in [0.15, 0.2) is 0 Å². The molecule has 0 aromatic heterocycles. The molecule has 0 aliphatic rings. The Hall–Kier alpha value is -1.23. The minimum atomic E-state index is -4.60. The van der Waals surface area contributed by atoms with E-state index in [0.717, 1.165) is 0 Å². The molecule has 0 bridgehead atoms. The smallest absolute Gasteiger partial charge is 0.406 e. The summed E-state index contributed by atoms with van der Waals surface area (Å²) >= 11 is 4.64. The van der Waals surface area contributed by atoms with Gasteiger partial charge in [0.1, 0.15) is 5.75 Å². The Kier molecular flexibility index (Phi) is 5.77. The molecule has 0 aliphatic heterocycles. The number of para-hydroxylation sites is 1. The molecule has 2 nitrogen and oxygen atoms in total. The van der Waals surface area contributed by atoms with Crippen molar-refractivity contribution in [3.63, 3.8) is 0 Å². The van der Waals surface area contributed by atoms with E-state index < -0.39 is 6.36 Å². The average Bonchev–Trinajstić information content (AvgIpc) is 2.01. The van der Waals surface area contributed by atoms with Crippen LogP contribution < -0.4 is 4.74 Å². The number of hydrogen-bond acceptors (Lipinski definition) is 2. The zero-order valence-electron chi connectivity index (χ0n) is 7.72. The summed E-state index contributed by atoms with van der Waals surface area (Å²) in [6.07, 6.45) is -4.60. The van der Waals surface area contributed by atoms with Crippen molar-refractivity contribution >= 4 is 16.8 Å². The van der Waals surface area contributed by atoms with E-state index in [2.05, 4.69) is 16.3 Å². The van der Waals surface area contributed by atoms with Crippen LogP contribution in [0.3, 0.4) is 0 Å². The molecule has 0 saturated carbocycles. The molecule has 6 heteroatoms. The molecule has 1 aromatic carbocycles. The topological polar surface area (TPSA) is 26.3 Å². The third-order valence-corrected chi connectivity index (χ3v) is 0.977. The Morgan fingerprint density at radius 1 is 1.27 bits per heavy atom. The van der Waals surface area contributed by atoms with E-state index in [1.54, 1.807) is 6.07 Å². The van der Waals surface area contributed by atoms with Crippen LogP contribution in [-0.4, -0.2) is 11.6 Å². The lowest BCUT2D eigenvalue weighted by atomic mass is 10.3. The van der Waals surface area contributed by atoms with Gasteiger partial charge in [0.25, 0.3) is 0 Å². The fourth-order valence-corrected chi connectivity index (χ4v) is 0.622. The van der Waals surface area contributed by atoms with E-state index in [-0.39, 0.29) is 11.0 Å². The van der Waals surface area contributed by atoms with Gasteiger partial charge in [0.2, 0.25) is 5.24 Å². The van der Waals surface area contributed by atoms with Crippen molar-refractivity contribution in [3.05, 3.63) is 30.3 Å². The number of ether oxygens (including phenoxy) is 1. The van der Waals surface area contributed by atoms with Gasteiger partial charge in [-0.05, 0) is 23.7 Å². The third-order valence-electron chi connectivity index (χ3n) is 0.977. The first-order chi connectivity index (χ1) is 6.81. The molecule has 0 atom stereocenters. The molecule has 15 heavy (non-hydrogen) atoms. The monoisotopic (exact) mass is 240 g/mol. The molecule has 1 aromatic rings. The van der Waals surface area contributed by atoms with Crippen molar-refractivity contribution in [3.8, 4) is 5.75 Å². The second-order valence-electron chi connectivity index (χ2n) is 2.33. The highest BCUT2D eigenvalue weighted by molar-refractivity contribution is 6.62. The predicted molar refractivity (Wildman–Crippen MR) is 49.7 cm³/mol. The summed E-state index contributed by atoms with van der Waals surface area (Å²) in [6.45, 7) is 1.29. The molecule has 0 saturated heterocycles. The van der Waals surface area contributed by atoms with E-state index >= 15 is 0 Å². The molecule has 84 valence electrons. The maximum absolute atomic E-state index is 11.5. The molecule has 0 aliphatic carbocycles. The van der Waals surface area contributed by atoms with Crippen LogP contribution >= 0.6 is 11.6 Å². The van der Waals surface area contributed by atoms with Crippen molar-refractivity contribution in [2.24, 2.45) is 0 Å². The lowest BCUT2D eigenvalue weighted by molar-refractivity contribution is -0.274. The largest absolute Gasteiger partial charge is 0.573 e. The Balaban J connectivity index is 0.000000423. The Labute approximate surface area is 89.6 Å². The van der Waals surface area contributed by atoms with Crippen LogP contribution in [0.1, 0.15) is 6.92 Å². The molecular weight excluding hydrogens is 233 g/mol. The first-order valence-corrected chi connectivity index (χ1v) is 4.16. The average molecular weight is 241 g/mol. The van der Waals surface area contributed by atoms with Crippen LogP contribution in [-0.2, 0) is 4.79 Å². The second kappa shape index (κ2) is 6.29. The predicted octanol–water partition coefficient (Wildman–Crippen LogP) is 3.36. The first kappa shape index (κ1) is 13.8. The maximum Gasteiger partial charge on any atom is 0.573 e. The number of halogens is 4. The van der Waals surface area contributed by atoms with Crippen LogP contribution in [0.2, 0.25) is 0 Å². The minimum absolute atomic E-state index is 0.194. The molecule has 1 rings (SSSR count). The highest BCUT2D eigenvalue weighted by atomic mass is 35.5. The molecule has 0 amide bonds. The van der Waals surface area contributed by atoms with Crippen molar-refractivity contribution in [2.45, 2.75) is 13.3 Å². The van der Waals surface area contributed by atoms with Crippen molar-refractivity contribution in [1.82, 2.24) is 0 Å². The highest BCUT2D eigenvalue weighted by Crippen LogP contribution is 2.21. The zero-order valence-corrected chi connectivity index (χ0v) is 8.47. The normalized spacial score (nSPS) is 9.93. The van der Waals surface area contributed by atoms with Crippen LogP contribution in [0.15, 0.2) is 30.3 Å². The van der Waals surface area contributed by atoms with E-state index in [9.17, 15) is 18.0 Å². The maximum atomic E-state index is 11.5. The molecule has 0 spiro atoms. The number of carbonyl (C=O) groups is 1. The van der Waals surface area contributed by atoms with Gasteiger partial charge in [0.05, 0.1) is 0 Å². The summed E-state index contributed by atoms with van der Waals surface area (Å²) in [5, 5.41) is -0.361. The van der Waals surface area contributed by atoms with Crippen molar-refractivity contribution in [2.75, 3.05) is 0 Å². The summed E-state index contributed by atoms with van der Waals surface area (Å²) in [7, 11) is 0. The number of rotatable bonds is 1. The van der Waals surface area contributed by atoms with Gasteiger partial charge in [-0.15, -0.1) is 13.2 Å². The molecule has 0 radical (unpaired) electrons. The second-order valence-corrected chi connectivity index (χ2v) is 2.86. The first-order valence-electron chi connectivity index (χ1n) is 3.78. The van der Waals surface area contributed by atoms with Gasteiger partial charge in [-0.2, -0.15) is 0 Å². The van der Waals surface area contributed by atoms with Gasteiger partial charge in [-0.1, -0.05) is 18.2 Å². The number of benzene rings is 1. The van der Waals surface area contributed by atoms with Crippen LogP contribution in [0, 0.1) is 0 Å². The fourth-order valence-electron chi connectivity index (χ4n) is 0.622. The van der Waals surface area contributed by atoms with Gasteiger partial charge >= 0.3 is 6.36 Å². The lowest BCUT2D eigenvalue weighted by Crippen LogP contribution is -2.16. The summed E-state index contributed by atoms with van der Waals surface area (Å²) in [5.74, 6) is -0.194. The number of hydrogen-bond donors (Lipinski definition) is 0. The zero-order chi connectivity index (χ0) is 11.9. The molecule has 0 unspecified atom stereocenters. The molecule has 0 heterocycles. The quantitative estimate of drug-likeness (QED) is 0.704. The van der Waals surface area contributed by atoms with E-state index in [1.807, 2.05) is 0 Å². The summed E-state index contributed by atoms with van der Waals surface area (Å²) in [5.41, 5.74) is 0. The molecule has 0 N–H and O–H groups in total. The summed E-state index contributed by atoms with van der Waals surface area (Å²) < 4.78 is 38.2. The van der Waals surface area contributed by atoms with Crippen molar-refractivity contribution in [1.29, 1.82) is 0 Å². The van der Waals surface area contributed by atoms with E-state index in [0.29, 0.717) is 0 Å². The van der Waals surface area contributed by atoms with Crippen LogP contribution in [0.5, 0.6) is 5.75 Å². The number of carbonyl (C=O) groups excluding carboxylic acids is 1. The van der Waals surface area contributed by atoms with E-state index in [4.69, 9.17) is 0 Å². The minimum Gasteiger partial charge on any atom is -0.406 e. The van der Waals surface area contributed by atoms with Gasteiger partial charge in [-0.3, -0.25) is 4.79 Å². The SMILES string of the molecule is CC(=O)Cl.FC(F)(F)Oc1ccccc1. The van der Waals surface area contributed by atoms with Crippen LogP contribution in [0.25, 0.3) is 0 Å². The van der Waals surface area contributed by atoms with E-state index in [1.165, 1.54) is 31.2 Å². The highest BCUT2D eigenvalue weighted by Gasteiger charge is 2.30. The van der Waals surface area contributed by atoms with Gasteiger partial charge in [0, 0.05) is 6.92 Å². The fraction of sp³-hybridized carbons (Fsp3) is 0.222. The van der Waals surface area contributed by atoms with Gasteiger partial charge in [-0.25, -0.2) is 0 Å². The lowest BCUT2D eigenvalue weighted by Gasteiger charge is -2.07. The van der Waals surface area contributed by atoms with Crippen molar-refractivity contribution < 1.29 is 22.7 Å². The Morgan fingerprint density at radius 2 is 1.67 bits per heavy atom.